The molecule has 0 spiro atoms. The molecular formula is C16H25BrN2. The summed E-state index contributed by atoms with van der Waals surface area (Å²) in [5.41, 5.74) is 5.77. The lowest BCUT2D eigenvalue weighted by atomic mass is 9.72. The molecule has 3 heteroatoms. The molecule has 0 aliphatic heterocycles. The van der Waals surface area contributed by atoms with Gasteiger partial charge in [0.25, 0.3) is 0 Å². The largest absolute Gasteiger partial charge is 0.271 e. The van der Waals surface area contributed by atoms with Gasteiger partial charge in [0.15, 0.2) is 0 Å². The van der Waals surface area contributed by atoms with Crippen LogP contribution in [0.25, 0.3) is 0 Å². The Morgan fingerprint density at radius 1 is 1.37 bits per heavy atom. The Hall–Kier alpha value is -0.380. The highest BCUT2D eigenvalue weighted by Gasteiger charge is 2.31. The minimum atomic E-state index is 0.280. The predicted molar refractivity (Wildman–Crippen MR) is 84.7 cm³/mol. The maximum Gasteiger partial charge on any atom is 0.0493 e. The van der Waals surface area contributed by atoms with Crippen molar-refractivity contribution >= 4 is 15.9 Å². The Labute approximate surface area is 125 Å². The molecule has 1 aliphatic rings. The van der Waals surface area contributed by atoms with Crippen LogP contribution in [0.2, 0.25) is 0 Å². The Bertz CT molecular complexity index is 419. The van der Waals surface area contributed by atoms with E-state index >= 15 is 0 Å². The number of benzene rings is 1. The van der Waals surface area contributed by atoms with E-state index in [2.05, 4.69) is 53.4 Å². The van der Waals surface area contributed by atoms with E-state index in [9.17, 15) is 0 Å². The van der Waals surface area contributed by atoms with Crippen LogP contribution in [0.15, 0.2) is 22.7 Å². The molecule has 0 amide bonds. The molecule has 106 valence electrons. The Morgan fingerprint density at radius 3 is 2.79 bits per heavy atom. The number of hydrazine groups is 1. The van der Waals surface area contributed by atoms with Crippen molar-refractivity contribution in [3.63, 3.8) is 0 Å². The standard InChI is InChI=1S/C16H25BrN2/c1-3-12-6-4-5-7-14(12)16(19-18)15-10-13(17)9-8-11(15)2/h8-10,12,14,16,19H,3-7,18H2,1-2H3. The summed E-state index contributed by atoms with van der Waals surface area (Å²) in [5.74, 6) is 7.37. The number of rotatable bonds is 4. The second kappa shape index (κ2) is 6.87. The SMILES string of the molecule is CCC1CCCCC1C(NN)c1cc(Br)ccc1C. The van der Waals surface area contributed by atoms with E-state index in [1.165, 1.54) is 43.2 Å². The maximum atomic E-state index is 5.91. The van der Waals surface area contributed by atoms with Gasteiger partial charge in [0.05, 0.1) is 0 Å². The van der Waals surface area contributed by atoms with Crippen LogP contribution in [0.1, 0.15) is 56.2 Å². The first-order chi connectivity index (χ1) is 9.17. The maximum absolute atomic E-state index is 5.91. The van der Waals surface area contributed by atoms with E-state index < -0.39 is 0 Å². The van der Waals surface area contributed by atoms with E-state index in [1.54, 1.807) is 0 Å². The second-order valence-electron chi connectivity index (χ2n) is 5.76. The van der Waals surface area contributed by atoms with Crippen LogP contribution in [0.5, 0.6) is 0 Å². The summed E-state index contributed by atoms with van der Waals surface area (Å²) in [7, 11) is 0. The molecule has 19 heavy (non-hydrogen) atoms. The normalized spacial score (nSPS) is 25.3. The molecule has 1 aliphatic carbocycles. The molecule has 0 aromatic heterocycles. The Balaban J connectivity index is 2.29. The molecule has 0 radical (unpaired) electrons. The van der Waals surface area contributed by atoms with Gasteiger partial charge in [-0.1, -0.05) is 54.6 Å². The van der Waals surface area contributed by atoms with Crippen molar-refractivity contribution in [3.05, 3.63) is 33.8 Å². The molecule has 0 bridgehead atoms. The van der Waals surface area contributed by atoms with Gasteiger partial charge in [0.1, 0.15) is 0 Å². The lowest BCUT2D eigenvalue weighted by Crippen LogP contribution is -2.38. The van der Waals surface area contributed by atoms with Crippen LogP contribution < -0.4 is 11.3 Å². The summed E-state index contributed by atoms with van der Waals surface area (Å²) < 4.78 is 1.14. The molecule has 2 nitrogen and oxygen atoms in total. The van der Waals surface area contributed by atoms with Crippen molar-refractivity contribution < 1.29 is 0 Å². The van der Waals surface area contributed by atoms with Gasteiger partial charge in [-0.2, -0.15) is 0 Å². The van der Waals surface area contributed by atoms with Crippen LogP contribution >= 0.6 is 15.9 Å². The lowest BCUT2D eigenvalue weighted by Gasteiger charge is -2.37. The quantitative estimate of drug-likeness (QED) is 0.633. The third-order valence-electron chi connectivity index (χ3n) is 4.68. The van der Waals surface area contributed by atoms with E-state index in [0.29, 0.717) is 5.92 Å². The summed E-state index contributed by atoms with van der Waals surface area (Å²) in [6.07, 6.45) is 6.62. The lowest BCUT2D eigenvalue weighted by molar-refractivity contribution is 0.175. The minimum Gasteiger partial charge on any atom is -0.271 e. The topological polar surface area (TPSA) is 38.0 Å². The van der Waals surface area contributed by atoms with Crippen LogP contribution in [0.3, 0.4) is 0 Å². The van der Waals surface area contributed by atoms with Crippen molar-refractivity contribution in [2.45, 2.75) is 52.0 Å². The Kier molecular flexibility index (Phi) is 5.43. The third-order valence-corrected chi connectivity index (χ3v) is 5.17. The van der Waals surface area contributed by atoms with E-state index in [4.69, 9.17) is 5.84 Å². The van der Waals surface area contributed by atoms with Gasteiger partial charge in [0, 0.05) is 10.5 Å². The fourth-order valence-corrected chi connectivity index (χ4v) is 3.95. The fourth-order valence-electron chi connectivity index (χ4n) is 3.57. The minimum absolute atomic E-state index is 0.280. The van der Waals surface area contributed by atoms with Crippen LogP contribution in [0, 0.1) is 18.8 Å². The summed E-state index contributed by atoms with van der Waals surface area (Å²) in [6.45, 7) is 4.49. The van der Waals surface area contributed by atoms with Crippen LogP contribution in [0.4, 0.5) is 0 Å². The zero-order valence-electron chi connectivity index (χ0n) is 12.0. The van der Waals surface area contributed by atoms with E-state index in [1.807, 2.05) is 0 Å². The van der Waals surface area contributed by atoms with Gasteiger partial charge < -0.3 is 0 Å². The van der Waals surface area contributed by atoms with Crippen molar-refractivity contribution in [2.24, 2.45) is 17.7 Å². The number of halogens is 1. The van der Waals surface area contributed by atoms with Gasteiger partial charge in [-0.3, -0.25) is 11.3 Å². The number of nitrogens with two attached hydrogens (primary N) is 1. The Morgan fingerprint density at radius 2 is 2.11 bits per heavy atom. The molecular weight excluding hydrogens is 300 g/mol. The molecule has 3 atom stereocenters. The van der Waals surface area contributed by atoms with E-state index in [0.717, 1.165) is 10.4 Å². The fraction of sp³-hybridized carbons (Fsp3) is 0.625. The van der Waals surface area contributed by atoms with E-state index in [-0.39, 0.29) is 6.04 Å². The third kappa shape index (κ3) is 3.39. The second-order valence-corrected chi connectivity index (χ2v) is 6.68. The highest BCUT2D eigenvalue weighted by atomic mass is 79.9. The highest BCUT2D eigenvalue weighted by molar-refractivity contribution is 9.10. The average Bonchev–Trinajstić information content (AvgIpc) is 2.44. The van der Waals surface area contributed by atoms with Gasteiger partial charge in [-0.25, -0.2) is 0 Å². The van der Waals surface area contributed by atoms with Gasteiger partial charge in [-0.15, -0.1) is 0 Å². The van der Waals surface area contributed by atoms with Gasteiger partial charge >= 0.3 is 0 Å². The van der Waals surface area contributed by atoms with Gasteiger partial charge in [-0.05, 0) is 48.4 Å². The molecule has 2 rings (SSSR count). The molecule has 1 saturated carbocycles. The first-order valence-corrected chi connectivity index (χ1v) is 8.18. The van der Waals surface area contributed by atoms with Crippen LogP contribution in [-0.4, -0.2) is 0 Å². The van der Waals surface area contributed by atoms with Gasteiger partial charge in [0.2, 0.25) is 0 Å². The number of aryl methyl sites for hydroxylation is 1. The van der Waals surface area contributed by atoms with Crippen molar-refractivity contribution in [3.8, 4) is 0 Å². The predicted octanol–water partition coefficient (Wildman–Crippen LogP) is 4.48. The zero-order valence-corrected chi connectivity index (χ0v) is 13.5. The van der Waals surface area contributed by atoms with Crippen molar-refractivity contribution in [1.29, 1.82) is 0 Å². The smallest absolute Gasteiger partial charge is 0.0493 e. The summed E-state index contributed by atoms with van der Waals surface area (Å²) in [4.78, 5) is 0. The molecule has 1 fully saturated rings. The molecule has 3 N–H and O–H groups in total. The first-order valence-electron chi connectivity index (χ1n) is 7.39. The molecule has 3 unspecified atom stereocenters. The number of nitrogens with one attached hydrogen (secondary N) is 1. The molecule has 1 aromatic rings. The first kappa shape index (κ1) is 15.0. The number of hydrogen-bond acceptors (Lipinski definition) is 2. The number of hydrogen-bond donors (Lipinski definition) is 2. The average molecular weight is 325 g/mol. The molecule has 0 heterocycles. The molecule has 1 aromatic carbocycles. The monoisotopic (exact) mass is 324 g/mol. The summed E-state index contributed by atoms with van der Waals surface area (Å²) >= 11 is 3.58. The van der Waals surface area contributed by atoms with Crippen molar-refractivity contribution in [2.75, 3.05) is 0 Å². The molecule has 0 saturated heterocycles. The highest BCUT2D eigenvalue weighted by Crippen LogP contribution is 2.41. The zero-order chi connectivity index (χ0) is 13.8. The van der Waals surface area contributed by atoms with Crippen LogP contribution in [-0.2, 0) is 0 Å². The summed E-state index contributed by atoms with van der Waals surface area (Å²) in [6, 6.07) is 6.78. The van der Waals surface area contributed by atoms with Crippen molar-refractivity contribution in [1.82, 2.24) is 5.43 Å². The summed E-state index contributed by atoms with van der Waals surface area (Å²) in [5, 5.41) is 0.